The second-order valence-electron chi connectivity index (χ2n) is 6.06. The van der Waals surface area contributed by atoms with E-state index in [4.69, 9.17) is 4.74 Å². The second kappa shape index (κ2) is 8.57. The Morgan fingerprint density at radius 1 is 1.25 bits per heavy atom. The molecule has 1 atom stereocenters. The number of ether oxygens (including phenoxy) is 1. The number of hydrogen-bond donors (Lipinski definition) is 1. The monoisotopic (exact) mass is 325 g/mol. The van der Waals surface area contributed by atoms with Crippen LogP contribution in [0.4, 0.5) is 0 Å². The maximum Gasteiger partial charge on any atom is 0.255 e. The van der Waals surface area contributed by atoms with Crippen molar-refractivity contribution >= 4 is 5.91 Å². The smallest absolute Gasteiger partial charge is 0.255 e. The average molecular weight is 325 g/mol. The molecule has 1 amide bonds. The summed E-state index contributed by atoms with van der Waals surface area (Å²) < 4.78 is 5.86. The summed E-state index contributed by atoms with van der Waals surface area (Å²) in [5, 5.41) is 3.39. The minimum Gasteiger partial charge on any atom is -0.376 e. The van der Waals surface area contributed by atoms with Crippen LogP contribution in [0, 0.1) is 5.92 Å². The Morgan fingerprint density at radius 3 is 2.92 bits per heavy atom. The third-order valence-electron chi connectivity index (χ3n) is 4.13. The molecule has 24 heavy (non-hydrogen) atoms. The van der Waals surface area contributed by atoms with E-state index in [0.29, 0.717) is 31.9 Å². The minimum absolute atomic E-state index is 0.0415. The number of benzene rings is 1. The van der Waals surface area contributed by atoms with E-state index in [1.807, 2.05) is 29.2 Å². The number of carbonyl (C=O) groups is 1. The molecule has 1 saturated heterocycles. The van der Waals surface area contributed by atoms with E-state index >= 15 is 0 Å². The van der Waals surface area contributed by atoms with E-state index in [0.717, 1.165) is 13.1 Å². The van der Waals surface area contributed by atoms with Crippen molar-refractivity contribution in [3.63, 3.8) is 0 Å². The molecule has 0 aliphatic carbocycles. The van der Waals surface area contributed by atoms with Gasteiger partial charge in [0.1, 0.15) is 0 Å². The number of amides is 1. The van der Waals surface area contributed by atoms with Gasteiger partial charge in [-0.05, 0) is 17.7 Å². The molecule has 0 bridgehead atoms. The molecule has 2 heterocycles. The molecule has 0 saturated carbocycles. The summed E-state index contributed by atoms with van der Waals surface area (Å²) in [7, 11) is 0. The van der Waals surface area contributed by atoms with Crippen LogP contribution in [0.3, 0.4) is 0 Å². The lowest BCUT2D eigenvalue weighted by Gasteiger charge is -2.24. The van der Waals surface area contributed by atoms with Gasteiger partial charge >= 0.3 is 0 Å². The molecule has 1 aliphatic heterocycles. The Bertz CT molecular complexity index is 634. The number of pyridine rings is 1. The van der Waals surface area contributed by atoms with Crippen LogP contribution in [-0.2, 0) is 11.3 Å². The molecule has 1 fully saturated rings. The number of rotatable bonds is 5. The molecular weight excluding hydrogens is 302 g/mol. The van der Waals surface area contributed by atoms with Gasteiger partial charge in [0.25, 0.3) is 5.91 Å². The van der Waals surface area contributed by atoms with E-state index in [1.165, 1.54) is 5.56 Å². The summed E-state index contributed by atoms with van der Waals surface area (Å²) >= 11 is 0. The SMILES string of the molecule is O=C(c1cccnc1)N1CCNC[C@H](COCc2ccccc2)C1. The van der Waals surface area contributed by atoms with Crippen molar-refractivity contribution in [2.75, 3.05) is 32.8 Å². The molecule has 1 aromatic heterocycles. The summed E-state index contributed by atoms with van der Waals surface area (Å²) in [4.78, 5) is 18.5. The van der Waals surface area contributed by atoms with Crippen LogP contribution in [0.25, 0.3) is 0 Å². The Hall–Kier alpha value is -2.24. The standard InChI is InChI=1S/C19H23N3O2/c23-19(18-7-4-8-20-12-18)22-10-9-21-11-17(13-22)15-24-14-16-5-2-1-3-6-16/h1-8,12,17,21H,9-11,13-15H2/t17-/m0/s1. The first kappa shape index (κ1) is 16.6. The van der Waals surface area contributed by atoms with E-state index < -0.39 is 0 Å². The predicted molar refractivity (Wildman–Crippen MR) is 92.6 cm³/mol. The largest absolute Gasteiger partial charge is 0.376 e. The summed E-state index contributed by atoms with van der Waals surface area (Å²) in [5.41, 5.74) is 1.81. The summed E-state index contributed by atoms with van der Waals surface area (Å²) in [5.74, 6) is 0.330. The third kappa shape index (κ3) is 4.63. The molecule has 5 heteroatoms. The second-order valence-corrected chi connectivity index (χ2v) is 6.06. The number of nitrogens with zero attached hydrogens (tertiary/aromatic N) is 2. The fourth-order valence-electron chi connectivity index (χ4n) is 2.87. The molecule has 126 valence electrons. The summed E-state index contributed by atoms with van der Waals surface area (Å²) in [6.07, 6.45) is 3.31. The van der Waals surface area contributed by atoms with Crippen molar-refractivity contribution in [2.24, 2.45) is 5.92 Å². The fourth-order valence-corrected chi connectivity index (χ4v) is 2.87. The highest BCUT2D eigenvalue weighted by atomic mass is 16.5. The van der Waals surface area contributed by atoms with E-state index in [-0.39, 0.29) is 11.8 Å². The quantitative estimate of drug-likeness (QED) is 0.913. The highest BCUT2D eigenvalue weighted by Gasteiger charge is 2.23. The van der Waals surface area contributed by atoms with Crippen molar-refractivity contribution in [1.29, 1.82) is 0 Å². The third-order valence-corrected chi connectivity index (χ3v) is 4.13. The minimum atomic E-state index is 0.0415. The zero-order chi connectivity index (χ0) is 16.6. The first-order valence-corrected chi connectivity index (χ1v) is 8.34. The number of hydrogen-bond acceptors (Lipinski definition) is 4. The first-order chi connectivity index (χ1) is 11.8. The van der Waals surface area contributed by atoms with Crippen molar-refractivity contribution in [3.05, 3.63) is 66.0 Å². The van der Waals surface area contributed by atoms with Gasteiger partial charge in [0, 0.05) is 44.5 Å². The lowest BCUT2D eigenvalue weighted by molar-refractivity contribution is 0.0615. The van der Waals surface area contributed by atoms with Gasteiger partial charge in [-0.3, -0.25) is 9.78 Å². The van der Waals surface area contributed by atoms with Crippen LogP contribution < -0.4 is 5.32 Å². The van der Waals surface area contributed by atoms with Crippen LogP contribution >= 0.6 is 0 Å². The van der Waals surface area contributed by atoms with Crippen LogP contribution in [-0.4, -0.2) is 48.6 Å². The maximum atomic E-state index is 12.6. The van der Waals surface area contributed by atoms with Crippen molar-refractivity contribution in [1.82, 2.24) is 15.2 Å². The van der Waals surface area contributed by atoms with Crippen LogP contribution in [0.5, 0.6) is 0 Å². The van der Waals surface area contributed by atoms with Gasteiger partial charge in [0.2, 0.25) is 0 Å². The van der Waals surface area contributed by atoms with Gasteiger partial charge in [0.05, 0.1) is 18.8 Å². The van der Waals surface area contributed by atoms with E-state index in [9.17, 15) is 4.79 Å². The topological polar surface area (TPSA) is 54.5 Å². The highest BCUT2D eigenvalue weighted by Crippen LogP contribution is 2.10. The summed E-state index contributed by atoms with van der Waals surface area (Å²) in [6, 6.07) is 13.8. The van der Waals surface area contributed by atoms with Gasteiger partial charge in [-0.1, -0.05) is 30.3 Å². The molecule has 3 rings (SSSR count). The van der Waals surface area contributed by atoms with Crippen molar-refractivity contribution in [2.45, 2.75) is 6.61 Å². The van der Waals surface area contributed by atoms with Crippen LogP contribution in [0.15, 0.2) is 54.9 Å². The number of carbonyl (C=O) groups excluding carboxylic acids is 1. The Kier molecular flexibility index (Phi) is 5.93. The molecule has 1 aliphatic rings. The molecule has 0 spiro atoms. The average Bonchev–Trinajstić information content (AvgIpc) is 2.88. The zero-order valence-electron chi connectivity index (χ0n) is 13.7. The normalized spacial score (nSPS) is 18.2. The Labute approximate surface area is 142 Å². The lowest BCUT2D eigenvalue weighted by atomic mass is 10.1. The highest BCUT2D eigenvalue weighted by molar-refractivity contribution is 5.93. The van der Waals surface area contributed by atoms with Crippen LogP contribution in [0.2, 0.25) is 0 Å². The van der Waals surface area contributed by atoms with Gasteiger partial charge < -0.3 is 15.0 Å². The molecular formula is C19H23N3O2. The molecule has 0 unspecified atom stereocenters. The van der Waals surface area contributed by atoms with Crippen molar-refractivity contribution < 1.29 is 9.53 Å². The van der Waals surface area contributed by atoms with Gasteiger partial charge in [-0.25, -0.2) is 0 Å². The number of aromatic nitrogens is 1. The predicted octanol–water partition coefficient (Wildman–Crippen LogP) is 1.96. The van der Waals surface area contributed by atoms with Crippen LogP contribution in [0.1, 0.15) is 15.9 Å². The molecule has 0 radical (unpaired) electrons. The van der Waals surface area contributed by atoms with E-state index in [1.54, 1.807) is 18.5 Å². The number of nitrogens with one attached hydrogen (secondary N) is 1. The fraction of sp³-hybridized carbons (Fsp3) is 0.368. The van der Waals surface area contributed by atoms with E-state index in [2.05, 4.69) is 22.4 Å². The molecule has 1 aromatic carbocycles. The van der Waals surface area contributed by atoms with Gasteiger partial charge in [0.15, 0.2) is 0 Å². The maximum absolute atomic E-state index is 12.6. The summed E-state index contributed by atoms with van der Waals surface area (Å²) in [6.45, 7) is 4.33. The van der Waals surface area contributed by atoms with Crippen molar-refractivity contribution in [3.8, 4) is 0 Å². The Morgan fingerprint density at radius 2 is 2.12 bits per heavy atom. The van der Waals surface area contributed by atoms with Gasteiger partial charge in [-0.2, -0.15) is 0 Å². The molecule has 2 aromatic rings. The molecule has 1 N–H and O–H groups in total. The zero-order valence-corrected chi connectivity index (χ0v) is 13.7. The lowest BCUT2D eigenvalue weighted by Crippen LogP contribution is -2.37. The first-order valence-electron chi connectivity index (χ1n) is 8.34. The van der Waals surface area contributed by atoms with Gasteiger partial charge in [-0.15, -0.1) is 0 Å². The molecule has 5 nitrogen and oxygen atoms in total. The Balaban J connectivity index is 1.53.